The van der Waals surface area contributed by atoms with Gasteiger partial charge in [0.15, 0.2) is 0 Å². The van der Waals surface area contributed by atoms with E-state index in [1.165, 1.54) is 0 Å². The largest absolute Gasteiger partial charge is 0.475 e. The van der Waals surface area contributed by atoms with E-state index in [1.807, 2.05) is 13.0 Å². The Morgan fingerprint density at radius 1 is 1.62 bits per heavy atom. The lowest BCUT2D eigenvalue weighted by Gasteiger charge is -1.97. The number of carbonyl (C=O) groups is 1. The molecule has 0 aromatic carbocycles. The van der Waals surface area contributed by atoms with E-state index in [0.717, 1.165) is 11.1 Å². The fourth-order valence-corrected chi connectivity index (χ4v) is 1.32. The second-order valence-electron chi connectivity index (χ2n) is 2.83. The minimum absolute atomic E-state index is 0.0544. The summed E-state index contributed by atoms with van der Waals surface area (Å²) in [5.41, 5.74) is 1.85. The monoisotopic (exact) mass is 176 g/mol. The summed E-state index contributed by atoms with van der Waals surface area (Å²) in [6, 6.07) is 3.72. The topological polar surface area (TPSA) is 54.6 Å². The summed E-state index contributed by atoms with van der Waals surface area (Å²) in [7, 11) is 0. The number of carboxylic acids is 1. The Bertz CT molecular complexity index is 473. The van der Waals surface area contributed by atoms with Crippen LogP contribution in [0.2, 0.25) is 0 Å². The Labute approximate surface area is 74.5 Å². The lowest BCUT2D eigenvalue weighted by Crippen LogP contribution is -2.03. The summed E-state index contributed by atoms with van der Waals surface area (Å²) in [6.07, 6.45) is 3.26. The number of aromatic carboxylic acids is 1. The van der Waals surface area contributed by atoms with Gasteiger partial charge >= 0.3 is 5.97 Å². The molecule has 0 saturated heterocycles. The summed E-state index contributed by atoms with van der Waals surface area (Å²) in [5.74, 6) is -0.954. The number of hydrogen-bond acceptors (Lipinski definition) is 2. The van der Waals surface area contributed by atoms with Crippen molar-refractivity contribution in [2.75, 3.05) is 0 Å². The predicted octanol–water partition coefficient (Wildman–Crippen LogP) is 1.34. The first-order valence-corrected chi connectivity index (χ1v) is 3.86. The molecule has 2 aromatic rings. The molecule has 13 heavy (non-hydrogen) atoms. The molecular formula is C9H8N2O2. The molecule has 0 fully saturated rings. The van der Waals surface area contributed by atoms with Gasteiger partial charge in [0.05, 0.1) is 11.7 Å². The van der Waals surface area contributed by atoms with E-state index in [1.54, 1.807) is 22.9 Å². The van der Waals surface area contributed by atoms with Crippen LogP contribution in [0.5, 0.6) is 0 Å². The average molecular weight is 176 g/mol. The highest BCUT2D eigenvalue weighted by atomic mass is 16.4. The van der Waals surface area contributed by atoms with Gasteiger partial charge in [-0.3, -0.25) is 4.40 Å². The molecule has 0 unspecified atom stereocenters. The number of fused-ring (bicyclic) bond motifs is 1. The van der Waals surface area contributed by atoms with Crippen LogP contribution >= 0.6 is 0 Å². The third-order valence-corrected chi connectivity index (χ3v) is 1.97. The summed E-state index contributed by atoms with van der Waals surface area (Å²) in [5, 5.41) is 8.78. The van der Waals surface area contributed by atoms with Gasteiger partial charge in [0.2, 0.25) is 5.82 Å². The van der Waals surface area contributed by atoms with E-state index in [2.05, 4.69) is 4.98 Å². The smallest absolute Gasteiger partial charge is 0.372 e. The normalized spacial score (nSPS) is 10.5. The number of pyridine rings is 1. The third-order valence-electron chi connectivity index (χ3n) is 1.97. The van der Waals surface area contributed by atoms with Crippen LogP contribution in [-0.4, -0.2) is 20.5 Å². The molecule has 0 atom stereocenters. The van der Waals surface area contributed by atoms with E-state index in [9.17, 15) is 4.79 Å². The first-order chi connectivity index (χ1) is 6.20. The Morgan fingerprint density at radius 3 is 3.08 bits per heavy atom. The highest BCUT2D eigenvalue weighted by molar-refractivity contribution is 5.85. The van der Waals surface area contributed by atoms with Gasteiger partial charge in [-0.25, -0.2) is 9.78 Å². The molecule has 0 saturated carbocycles. The third kappa shape index (κ3) is 1.07. The van der Waals surface area contributed by atoms with E-state index < -0.39 is 5.97 Å². The van der Waals surface area contributed by atoms with Crippen LogP contribution in [-0.2, 0) is 0 Å². The quantitative estimate of drug-likeness (QED) is 0.713. The predicted molar refractivity (Wildman–Crippen MR) is 46.9 cm³/mol. The molecular weight excluding hydrogens is 168 g/mol. The van der Waals surface area contributed by atoms with Crippen molar-refractivity contribution >= 4 is 11.5 Å². The zero-order valence-corrected chi connectivity index (χ0v) is 7.06. The lowest BCUT2D eigenvalue weighted by molar-refractivity contribution is 0.0683. The van der Waals surface area contributed by atoms with Gasteiger partial charge in [0, 0.05) is 6.20 Å². The maximum Gasteiger partial charge on any atom is 0.372 e. The van der Waals surface area contributed by atoms with Crippen LogP contribution in [0.3, 0.4) is 0 Å². The van der Waals surface area contributed by atoms with Crippen molar-refractivity contribution in [2.45, 2.75) is 6.92 Å². The zero-order chi connectivity index (χ0) is 9.42. The molecule has 0 aliphatic carbocycles. The number of hydrogen-bond donors (Lipinski definition) is 1. The average Bonchev–Trinajstić information content (AvgIpc) is 2.48. The van der Waals surface area contributed by atoms with Gasteiger partial charge in [-0.1, -0.05) is 6.07 Å². The molecule has 0 spiro atoms. The maximum atomic E-state index is 10.7. The molecule has 2 rings (SSSR count). The Morgan fingerprint density at radius 2 is 2.38 bits per heavy atom. The second kappa shape index (κ2) is 2.58. The van der Waals surface area contributed by atoms with Gasteiger partial charge in [-0.15, -0.1) is 0 Å². The summed E-state index contributed by atoms with van der Waals surface area (Å²) in [6.45, 7) is 1.92. The van der Waals surface area contributed by atoms with Crippen molar-refractivity contribution in [3.8, 4) is 0 Å². The maximum absolute atomic E-state index is 10.7. The van der Waals surface area contributed by atoms with Crippen molar-refractivity contribution in [3.05, 3.63) is 35.9 Å². The Hall–Kier alpha value is -1.84. The van der Waals surface area contributed by atoms with Gasteiger partial charge in [0.25, 0.3) is 0 Å². The van der Waals surface area contributed by atoms with Crippen molar-refractivity contribution in [1.29, 1.82) is 0 Å². The van der Waals surface area contributed by atoms with E-state index >= 15 is 0 Å². The Kier molecular flexibility index (Phi) is 1.55. The zero-order valence-electron chi connectivity index (χ0n) is 7.06. The van der Waals surface area contributed by atoms with Crippen molar-refractivity contribution in [3.63, 3.8) is 0 Å². The number of carboxylic acid groups (broad SMARTS) is 1. The summed E-state index contributed by atoms with van der Waals surface area (Å²) >= 11 is 0. The highest BCUT2D eigenvalue weighted by Crippen LogP contribution is 2.11. The number of imidazole rings is 1. The van der Waals surface area contributed by atoms with Crippen LogP contribution in [0.15, 0.2) is 24.5 Å². The van der Waals surface area contributed by atoms with Crippen molar-refractivity contribution < 1.29 is 9.90 Å². The van der Waals surface area contributed by atoms with Gasteiger partial charge in [0.1, 0.15) is 0 Å². The molecule has 0 bridgehead atoms. The molecule has 1 N–H and O–H groups in total. The van der Waals surface area contributed by atoms with Crippen molar-refractivity contribution in [2.24, 2.45) is 0 Å². The van der Waals surface area contributed by atoms with Crippen LogP contribution in [0.1, 0.15) is 16.2 Å². The Balaban J connectivity index is 2.83. The SMILES string of the molecule is Cc1cccn2c(C(=O)O)ncc12. The van der Waals surface area contributed by atoms with Gasteiger partial charge < -0.3 is 5.11 Å². The van der Waals surface area contributed by atoms with E-state index in [4.69, 9.17) is 5.11 Å². The highest BCUT2D eigenvalue weighted by Gasteiger charge is 2.10. The molecule has 4 heteroatoms. The van der Waals surface area contributed by atoms with Crippen molar-refractivity contribution in [1.82, 2.24) is 9.38 Å². The molecule has 2 heterocycles. The molecule has 2 aromatic heterocycles. The fourth-order valence-electron chi connectivity index (χ4n) is 1.32. The van der Waals surface area contributed by atoms with Crippen LogP contribution in [0.4, 0.5) is 0 Å². The molecule has 4 nitrogen and oxygen atoms in total. The van der Waals surface area contributed by atoms with Crippen LogP contribution in [0, 0.1) is 6.92 Å². The van der Waals surface area contributed by atoms with Gasteiger partial charge in [-0.05, 0) is 18.6 Å². The second-order valence-corrected chi connectivity index (χ2v) is 2.83. The minimum Gasteiger partial charge on any atom is -0.475 e. The van der Waals surface area contributed by atoms with Crippen LogP contribution < -0.4 is 0 Å². The van der Waals surface area contributed by atoms with Gasteiger partial charge in [-0.2, -0.15) is 0 Å². The first-order valence-electron chi connectivity index (χ1n) is 3.86. The molecule has 66 valence electrons. The number of aryl methyl sites for hydroxylation is 1. The minimum atomic E-state index is -1.01. The first kappa shape index (κ1) is 7.79. The summed E-state index contributed by atoms with van der Waals surface area (Å²) in [4.78, 5) is 14.5. The molecule has 0 aliphatic heterocycles. The molecule has 0 radical (unpaired) electrons. The fraction of sp³-hybridized carbons (Fsp3) is 0.111. The lowest BCUT2D eigenvalue weighted by atomic mass is 10.3. The standard InChI is InChI=1S/C9H8N2O2/c1-6-3-2-4-11-7(6)5-10-8(11)9(12)13/h2-5H,1H3,(H,12,13). The van der Waals surface area contributed by atoms with E-state index in [-0.39, 0.29) is 5.82 Å². The molecule has 0 amide bonds. The number of aromatic nitrogens is 2. The number of rotatable bonds is 1. The molecule has 0 aliphatic rings. The number of nitrogens with zero attached hydrogens (tertiary/aromatic N) is 2. The summed E-state index contributed by atoms with van der Waals surface area (Å²) < 4.78 is 1.57. The van der Waals surface area contributed by atoms with Crippen LogP contribution in [0.25, 0.3) is 5.52 Å². The van der Waals surface area contributed by atoms with E-state index in [0.29, 0.717) is 0 Å².